The average Bonchev–Trinajstić information content (AvgIpc) is 3.09. The zero-order valence-electron chi connectivity index (χ0n) is 19.4. The van der Waals surface area contributed by atoms with Gasteiger partial charge in [0.05, 0.1) is 22.4 Å². The van der Waals surface area contributed by atoms with Crippen molar-refractivity contribution < 1.29 is 27.5 Å². The standard InChI is InChI=1S/C23H29N3O6S2/c1-4-10-26-18-9-8-17(22(29)32-5-2)12-19(18)33-23(26)24-20(27)14-34(30,31)15-21(28)25-11-6-7-16(3)13-25/h4,8-9,12,16H,1,5-7,10-11,13-15H2,2-3H3. The van der Waals surface area contributed by atoms with Gasteiger partial charge in [0, 0.05) is 19.6 Å². The molecule has 1 aromatic heterocycles. The number of sulfone groups is 1. The predicted octanol–water partition coefficient (Wildman–Crippen LogP) is 2.17. The zero-order chi connectivity index (χ0) is 24.9. The molecule has 1 unspecified atom stereocenters. The highest BCUT2D eigenvalue weighted by molar-refractivity contribution is 7.92. The van der Waals surface area contributed by atoms with Gasteiger partial charge in [-0.3, -0.25) is 9.59 Å². The van der Waals surface area contributed by atoms with Crippen molar-refractivity contribution in [2.45, 2.75) is 33.2 Å². The number of ether oxygens (including phenoxy) is 1. The number of carbonyl (C=O) groups is 3. The van der Waals surface area contributed by atoms with Gasteiger partial charge in [-0.15, -0.1) is 6.58 Å². The molecule has 0 radical (unpaired) electrons. The summed E-state index contributed by atoms with van der Waals surface area (Å²) in [6.45, 7) is 9.12. The summed E-state index contributed by atoms with van der Waals surface area (Å²) in [4.78, 5) is 42.9. The molecule has 1 saturated heterocycles. The first-order valence-electron chi connectivity index (χ1n) is 11.1. The van der Waals surface area contributed by atoms with Gasteiger partial charge in [-0.05, 0) is 43.9 Å². The smallest absolute Gasteiger partial charge is 0.338 e. The molecule has 0 N–H and O–H groups in total. The molecule has 0 bridgehead atoms. The number of piperidine rings is 1. The highest BCUT2D eigenvalue weighted by atomic mass is 32.2. The van der Waals surface area contributed by atoms with Crippen molar-refractivity contribution in [2.75, 3.05) is 31.2 Å². The Labute approximate surface area is 202 Å². The first-order valence-corrected chi connectivity index (χ1v) is 13.7. The molecule has 2 aromatic rings. The summed E-state index contributed by atoms with van der Waals surface area (Å²) in [5.74, 6) is -3.01. The number of hydrogen-bond acceptors (Lipinski definition) is 7. The number of thiazole rings is 1. The van der Waals surface area contributed by atoms with Crippen molar-refractivity contribution in [3.63, 3.8) is 0 Å². The molecule has 184 valence electrons. The SMILES string of the molecule is C=CCn1c(=NC(=O)CS(=O)(=O)CC(=O)N2CCCC(C)C2)sc2cc(C(=O)OCC)ccc21. The number of nitrogens with zero attached hydrogens (tertiary/aromatic N) is 3. The summed E-state index contributed by atoms with van der Waals surface area (Å²) in [6.07, 6.45) is 3.48. The number of likely N-dealkylation sites (tertiary alicyclic amines) is 1. The Morgan fingerprint density at radius 1 is 1.29 bits per heavy atom. The number of carbonyl (C=O) groups excluding carboxylic acids is 3. The van der Waals surface area contributed by atoms with Gasteiger partial charge in [0.1, 0.15) is 11.5 Å². The number of allylic oxidation sites excluding steroid dienone is 1. The van der Waals surface area contributed by atoms with E-state index in [-0.39, 0.29) is 11.4 Å². The maximum Gasteiger partial charge on any atom is 0.338 e. The van der Waals surface area contributed by atoms with E-state index in [1.807, 2.05) is 6.92 Å². The van der Waals surface area contributed by atoms with Crippen LogP contribution in [0.2, 0.25) is 0 Å². The van der Waals surface area contributed by atoms with Crippen LogP contribution in [0, 0.1) is 5.92 Å². The van der Waals surface area contributed by atoms with E-state index in [2.05, 4.69) is 11.6 Å². The van der Waals surface area contributed by atoms with Gasteiger partial charge in [0.15, 0.2) is 14.6 Å². The normalized spacial score (nSPS) is 17.1. The van der Waals surface area contributed by atoms with Crippen molar-refractivity contribution in [1.29, 1.82) is 0 Å². The number of fused-ring (bicyclic) bond motifs is 1. The molecule has 11 heteroatoms. The second kappa shape index (κ2) is 11.1. The Kier molecular flexibility index (Phi) is 8.42. The molecule has 1 fully saturated rings. The number of esters is 1. The molecule has 1 atom stereocenters. The molecule has 0 spiro atoms. The molecular formula is C23H29N3O6S2. The Balaban J connectivity index is 1.82. The highest BCUT2D eigenvalue weighted by Crippen LogP contribution is 2.20. The van der Waals surface area contributed by atoms with Crippen molar-refractivity contribution in [3.05, 3.63) is 41.2 Å². The summed E-state index contributed by atoms with van der Waals surface area (Å²) in [5.41, 5.74) is 1.09. The summed E-state index contributed by atoms with van der Waals surface area (Å²) in [5, 5.41) is 0. The van der Waals surface area contributed by atoms with Crippen LogP contribution in [0.1, 0.15) is 37.0 Å². The van der Waals surface area contributed by atoms with Crippen LogP contribution in [-0.2, 0) is 30.7 Å². The molecule has 9 nitrogen and oxygen atoms in total. The van der Waals surface area contributed by atoms with Gasteiger partial charge in [-0.1, -0.05) is 24.3 Å². The molecule has 1 aromatic carbocycles. The van der Waals surface area contributed by atoms with Gasteiger partial charge in [-0.2, -0.15) is 4.99 Å². The molecule has 0 aliphatic carbocycles. The second-order valence-corrected chi connectivity index (χ2v) is 11.4. The summed E-state index contributed by atoms with van der Waals surface area (Å²) in [6, 6.07) is 4.99. The first-order chi connectivity index (χ1) is 16.1. The third kappa shape index (κ3) is 6.41. The third-order valence-corrected chi connectivity index (χ3v) is 7.84. The van der Waals surface area contributed by atoms with Crippen LogP contribution < -0.4 is 4.80 Å². The van der Waals surface area contributed by atoms with Crippen LogP contribution in [0.15, 0.2) is 35.8 Å². The van der Waals surface area contributed by atoms with E-state index in [0.29, 0.717) is 35.8 Å². The topological polar surface area (TPSA) is 115 Å². The fourth-order valence-corrected chi connectivity index (χ4v) is 6.08. The maximum absolute atomic E-state index is 12.6. The molecular weight excluding hydrogens is 478 g/mol. The lowest BCUT2D eigenvalue weighted by molar-refractivity contribution is -0.130. The molecule has 0 saturated carbocycles. The maximum atomic E-state index is 12.6. The second-order valence-electron chi connectivity index (χ2n) is 8.31. The minimum absolute atomic E-state index is 0.251. The highest BCUT2D eigenvalue weighted by Gasteiger charge is 2.27. The number of amides is 2. The van der Waals surface area contributed by atoms with Crippen molar-refractivity contribution in [3.8, 4) is 0 Å². The Morgan fingerprint density at radius 3 is 2.74 bits per heavy atom. The van der Waals surface area contributed by atoms with Crippen molar-refractivity contribution >= 4 is 49.2 Å². The molecule has 3 rings (SSSR count). The van der Waals surface area contributed by atoms with E-state index >= 15 is 0 Å². The van der Waals surface area contributed by atoms with E-state index in [4.69, 9.17) is 4.74 Å². The van der Waals surface area contributed by atoms with Gasteiger partial charge >= 0.3 is 5.97 Å². The zero-order valence-corrected chi connectivity index (χ0v) is 21.0. The Bertz CT molecular complexity index is 1280. The number of aromatic nitrogens is 1. The molecule has 1 aliphatic rings. The van der Waals surface area contributed by atoms with Gasteiger partial charge < -0.3 is 14.2 Å². The van der Waals surface area contributed by atoms with Crippen molar-refractivity contribution in [1.82, 2.24) is 9.47 Å². The van der Waals surface area contributed by atoms with Crippen molar-refractivity contribution in [2.24, 2.45) is 10.9 Å². The largest absolute Gasteiger partial charge is 0.462 e. The number of rotatable bonds is 8. The van der Waals surface area contributed by atoms with E-state index in [9.17, 15) is 22.8 Å². The van der Waals surface area contributed by atoms with Crippen LogP contribution in [0.3, 0.4) is 0 Å². The van der Waals surface area contributed by atoms with Crippen LogP contribution in [0.25, 0.3) is 10.2 Å². The lowest BCUT2D eigenvalue weighted by atomic mass is 10.0. The molecule has 1 aliphatic heterocycles. The Hall–Kier alpha value is -2.79. The average molecular weight is 508 g/mol. The van der Waals surface area contributed by atoms with Crippen LogP contribution in [0.4, 0.5) is 0 Å². The Morgan fingerprint density at radius 2 is 2.06 bits per heavy atom. The molecule has 2 amide bonds. The minimum atomic E-state index is -3.97. The minimum Gasteiger partial charge on any atom is -0.462 e. The van der Waals surface area contributed by atoms with E-state index < -0.39 is 39.1 Å². The quantitative estimate of drug-likeness (QED) is 0.400. The third-order valence-electron chi connectivity index (χ3n) is 5.42. The van der Waals surface area contributed by atoms with E-state index in [1.165, 1.54) is 0 Å². The molecule has 2 heterocycles. The van der Waals surface area contributed by atoms with E-state index in [1.54, 1.807) is 40.7 Å². The van der Waals surface area contributed by atoms with Gasteiger partial charge in [0.25, 0.3) is 5.91 Å². The lowest BCUT2D eigenvalue weighted by Gasteiger charge is -2.30. The summed E-state index contributed by atoms with van der Waals surface area (Å²) < 4.78 is 32.5. The fraction of sp³-hybridized carbons (Fsp3) is 0.478. The number of benzene rings is 1. The monoisotopic (exact) mass is 507 g/mol. The van der Waals surface area contributed by atoms with Crippen LogP contribution in [0.5, 0.6) is 0 Å². The van der Waals surface area contributed by atoms with Gasteiger partial charge in [0.2, 0.25) is 5.91 Å². The van der Waals surface area contributed by atoms with Gasteiger partial charge in [-0.25, -0.2) is 13.2 Å². The lowest BCUT2D eigenvalue weighted by Crippen LogP contribution is -2.42. The molecule has 34 heavy (non-hydrogen) atoms. The van der Waals surface area contributed by atoms with Crippen LogP contribution in [-0.4, -0.2) is 66.9 Å². The van der Waals surface area contributed by atoms with Crippen LogP contribution >= 0.6 is 11.3 Å². The number of hydrogen-bond donors (Lipinski definition) is 0. The fourth-order valence-electron chi connectivity index (χ4n) is 3.88. The summed E-state index contributed by atoms with van der Waals surface area (Å²) in [7, 11) is -3.97. The van der Waals surface area contributed by atoms with E-state index in [0.717, 1.165) is 29.7 Å². The first kappa shape index (κ1) is 25.8. The predicted molar refractivity (Wildman–Crippen MR) is 130 cm³/mol. The summed E-state index contributed by atoms with van der Waals surface area (Å²) >= 11 is 1.15.